The summed E-state index contributed by atoms with van der Waals surface area (Å²) >= 11 is 1.06. The lowest BCUT2D eigenvalue weighted by Gasteiger charge is -2.10. The first-order valence-corrected chi connectivity index (χ1v) is 4.96. The van der Waals surface area contributed by atoms with Gasteiger partial charge in [-0.25, -0.2) is 4.98 Å². The number of hydrogen-bond donors (Lipinski definition) is 2. The van der Waals surface area contributed by atoms with Crippen LogP contribution in [-0.4, -0.2) is 34.2 Å². The number of hydrogen-bond acceptors (Lipinski definition) is 7. The Bertz CT molecular complexity index is 345. The highest BCUT2D eigenvalue weighted by molar-refractivity contribution is 8.00. The molecule has 7 heteroatoms. The van der Waals surface area contributed by atoms with Gasteiger partial charge < -0.3 is 4.74 Å². The average molecular weight is 230 g/mol. The molecule has 0 amide bonds. The number of pyridine rings is 1. The number of rotatable bonds is 4. The Hall–Kier alpha value is -1.31. The van der Waals surface area contributed by atoms with Crippen molar-refractivity contribution in [2.45, 2.75) is 5.03 Å². The molecule has 2 N–H and O–H groups in total. The number of ether oxygens (including phenoxy) is 1. The van der Waals surface area contributed by atoms with Gasteiger partial charge in [-0.3, -0.25) is 15.2 Å². The van der Waals surface area contributed by atoms with Crippen molar-refractivity contribution in [2.24, 2.45) is 0 Å². The molecule has 0 spiro atoms. The van der Waals surface area contributed by atoms with Crippen molar-refractivity contribution in [1.29, 1.82) is 0 Å². The van der Waals surface area contributed by atoms with E-state index in [4.69, 9.17) is 10.4 Å². The van der Waals surface area contributed by atoms with Gasteiger partial charge in [0.25, 0.3) is 0 Å². The zero-order valence-electron chi connectivity index (χ0n) is 7.95. The summed E-state index contributed by atoms with van der Waals surface area (Å²) in [6.45, 7) is 0. The van der Waals surface area contributed by atoms with Crippen LogP contribution in [0.15, 0.2) is 23.4 Å². The van der Waals surface area contributed by atoms with Gasteiger partial charge in [0.1, 0.15) is 10.7 Å². The molecule has 6 nitrogen and oxygen atoms in total. The second-order valence-corrected chi connectivity index (χ2v) is 3.45. The van der Waals surface area contributed by atoms with Gasteiger partial charge >= 0.3 is 5.97 Å². The fraction of sp³-hybridized carbons (Fsp3) is 0.250. The summed E-state index contributed by atoms with van der Waals surface area (Å²) in [5.41, 5.74) is 0.117. The van der Waals surface area contributed by atoms with Crippen LogP contribution < -0.4 is 5.23 Å². The molecular weight excluding hydrogens is 220 g/mol. The van der Waals surface area contributed by atoms with Crippen molar-refractivity contribution in [1.82, 2.24) is 4.98 Å². The van der Waals surface area contributed by atoms with E-state index in [2.05, 4.69) is 9.72 Å². The van der Waals surface area contributed by atoms with Crippen molar-refractivity contribution < 1.29 is 19.9 Å². The maximum Gasteiger partial charge on any atom is 0.316 e. The van der Waals surface area contributed by atoms with Crippen LogP contribution in [0.4, 0.5) is 5.69 Å². The number of thioether (sulfide) groups is 1. The average Bonchev–Trinajstić information content (AvgIpc) is 2.26. The first-order valence-electron chi connectivity index (χ1n) is 3.97. The van der Waals surface area contributed by atoms with Crippen molar-refractivity contribution in [2.75, 3.05) is 18.1 Å². The quantitative estimate of drug-likeness (QED) is 0.452. The number of anilines is 1. The van der Waals surface area contributed by atoms with Gasteiger partial charge in [-0.2, -0.15) is 0 Å². The van der Waals surface area contributed by atoms with Crippen molar-refractivity contribution in [3.63, 3.8) is 0 Å². The third-order valence-electron chi connectivity index (χ3n) is 1.52. The molecule has 1 rings (SSSR count). The van der Waals surface area contributed by atoms with Gasteiger partial charge in [0.15, 0.2) is 0 Å². The van der Waals surface area contributed by atoms with Gasteiger partial charge in [0.05, 0.1) is 12.9 Å². The molecular formula is C8H10N2O4S. The Morgan fingerprint density at radius 1 is 1.67 bits per heavy atom. The molecule has 82 valence electrons. The van der Waals surface area contributed by atoms with E-state index in [1.165, 1.54) is 19.4 Å². The summed E-state index contributed by atoms with van der Waals surface area (Å²) < 4.78 is 4.45. The normalized spacial score (nSPS) is 9.80. The van der Waals surface area contributed by atoms with Crippen molar-refractivity contribution in [3.05, 3.63) is 18.3 Å². The largest absolute Gasteiger partial charge is 0.468 e. The smallest absolute Gasteiger partial charge is 0.316 e. The third-order valence-corrected chi connectivity index (χ3v) is 2.49. The lowest BCUT2D eigenvalue weighted by atomic mass is 10.4. The second-order valence-electron chi connectivity index (χ2n) is 2.48. The van der Waals surface area contributed by atoms with Crippen molar-refractivity contribution in [3.8, 4) is 0 Å². The standard InChI is InChI=1S/C8H10N2O4S/c1-14-7(11)5-15-8-6(10(12)13)3-2-4-9-8/h2-4,12-13H,5H2,1H3. The third kappa shape index (κ3) is 3.39. The van der Waals surface area contributed by atoms with Crippen LogP contribution >= 0.6 is 11.8 Å². The van der Waals surface area contributed by atoms with Crippen LogP contribution in [0.25, 0.3) is 0 Å². The molecule has 0 aliphatic rings. The van der Waals surface area contributed by atoms with Gasteiger partial charge in [0.2, 0.25) is 0 Å². The molecule has 0 aliphatic carbocycles. The summed E-state index contributed by atoms with van der Waals surface area (Å²) in [6, 6.07) is 3.02. The van der Waals surface area contributed by atoms with E-state index < -0.39 is 5.97 Å². The van der Waals surface area contributed by atoms with Crippen LogP contribution in [0.5, 0.6) is 0 Å². The molecule has 1 heterocycles. The van der Waals surface area contributed by atoms with Crippen LogP contribution in [0.2, 0.25) is 0 Å². The van der Waals surface area contributed by atoms with E-state index in [1.54, 1.807) is 6.07 Å². The van der Waals surface area contributed by atoms with Gasteiger partial charge in [-0.05, 0) is 12.1 Å². The molecule has 0 saturated carbocycles. The molecule has 1 aromatic heterocycles. The first kappa shape index (κ1) is 11.8. The van der Waals surface area contributed by atoms with E-state index in [9.17, 15) is 4.79 Å². The van der Waals surface area contributed by atoms with Crippen LogP contribution in [-0.2, 0) is 9.53 Å². The lowest BCUT2D eigenvalue weighted by molar-refractivity contribution is -0.137. The number of aromatic nitrogens is 1. The minimum Gasteiger partial charge on any atom is -0.468 e. The zero-order valence-corrected chi connectivity index (χ0v) is 8.77. The van der Waals surface area contributed by atoms with Crippen LogP contribution in [0.1, 0.15) is 0 Å². The van der Waals surface area contributed by atoms with Crippen molar-refractivity contribution >= 4 is 23.4 Å². The fourth-order valence-corrected chi connectivity index (χ4v) is 1.64. The monoisotopic (exact) mass is 230 g/mol. The van der Waals surface area contributed by atoms with Crippen LogP contribution in [0, 0.1) is 0 Å². The summed E-state index contributed by atoms with van der Waals surface area (Å²) in [5, 5.41) is 18.0. The number of esters is 1. The zero-order chi connectivity index (χ0) is 11.3. The molecule has 0 saturated heterocycles. The van der Waals surface area contributed by atoms with Gasteiger partial charge in [0, 0.05) is 6.20 Å². The van der Waals surface area contributed by atoms with E-state index in [0.29, 0.717) is 5.03 Å². The Morgan fingerprint density at radius 2 is 2.40 bits per heavy atom. The highest BCUT2D eigenvalue weighted by Crippen LogP contribution is 2.25. The van der Waals surface area contributed by atoms with Crippen LogP contribution in [0.3, 0.4) is 0 Å². The number of methoxy groups -OCH3 is 1. The second kappa shape index (κ2) is 5.54. The van der Waals surface area contributed by atoms with E-state index in [1.807, 2.05) is 0 Å². The highest BCUT2D eigenvalue weighted by Gasteiger charge is 2.10. The fourth-order valence-electron chi connectivity index (χ4n) is 0.832. The maximum absolute atomic E-state index is 10.9. The van der Waals surface area contributed by atoms with E-state index in [-0.39, 0.29) is 16.7 Å². The predicted molar refractivity (Wildman–Crippen MR) is 53.0 cm³/mol. The Kier molecular flexibility index (Phi) is 4.35. The predicted octanol–water partition coefficient (Wildman–Crippen LogP) is 0.931. The Balaban J connectivity index is 2.71. The Labute approximate surface area is 90.4 Å². The maximum atomic E-state index is 10.9. The molecule has 0 aliphatic heterocycles. The summed E-state index contributed by atoms with van der Waals surface area (Å²) in [5.74, 6) is -0.340. The van der Waals surface area contributed by atoms with E-state index in [0.717, 1.165) is 11.8 Å². The number of carbonyl (C=O) groups is 1. The molecule has 0 aromatic carbocycles. The first-order chi connectivity index (χ1) is 7.15. The molecule has 0 atom stereocenters. The SMILES string of the molecule is COC(=O)CSc1ncccc1N(O)O. The molecule has 1 aromatic rings. The number of nitrogens with zero attached hydrogens (tertiary/aromatic N) is 2. The minimum absolute atomic E-state index is 0.0351. The topological polar surface area (TPSA) is 82.9 Å². The molecule has 0 unspecified atom stereocenters. The molecule has 0 radical (unpaired) electrons. The van der Waals surface area contributed by atoms with Gasteiger partial charge in [-0.1, -0.05) is 11.8 Å². The summed E-state index contributed by atoms with van der Waals surface area (Å²) in [6.07, 6.45) is 1.49. The summed E-state index contributed by atoms with van der Waals surface area (Å²) in [7, 11) is 1.28. The van der Waals surface area contributed by atoms with Gasteiger partial charge in [-0.15, -0.1) is 5.23 Å². The lowest BCUT2D eigenvalue weighted by Crippen LogP contribution is -2.13. The molecule has 0 fully saturated rings. The van der Waals surface area contributed by atoms with E-state index >= 15 is 0 Å². The summed E-state index contributed by atoms with van der Waals surface area (Å²) in [4.78, 5) is 14.8. The Morgan fingerprint density at radius 3 is 3.00 bits per heavy atom. The molecule has 0 bridgehead atoms. The molecule has 15 heavy (non-hydrogen) atoms. The number of carbonyl (C=O) groups excluding carboxylic acids is 1. The highest BCUT2D eigenvalue weighted by atomic mass is 32.2. The minimum atomic E-state index is -0.404.